The van der Waals surface area contributed by atoms with E-state index < -0.39 is 0 Å². The molecule has 0 aliphatic heterocycles. The van der Waals surface area contributed by atoms with Gasteiger partial charge in [0.05, 0.1) is 18.0 Å². The van der Waals surface area contributed by atoms with E-state index in [2.05, 4.69) is 29.1 Å². The second-order valence-corrected chi connectivity index (χ2v) is 5.85. The van der Waals surface area contributed by atoms with Crippen molar-refractivity contribution in [1.29, 1.82) is 0 Å². The zero-order chi connectivity index (χ0) is 16.9. The number of rotatable bonds is 6. The lowest BCUT2D eigenvalue weighted by molar-refractivity contribution is 0.309. The Labute approximate surface area is 142 Å². The first-order valence-electron chi connectivity index (χ1n) is 8.27. The molecule has 3 rings (SSSR count). The number of pyridine rings is 1. The Morgan fingerprint density at radius 3 is 2.62 bits per heavy atom. The topological polar surface area (TPSA) is 51.2 Å². The number of imidazole rings is 1. The second-order valence-electron chi connectivity index (χ2n) is 5.85. The van der Waals surface area contributed by atoms with Crippen molar-refractivity contribution in [3.8, 4) is 5.75 Å². The van der Waals surface area contributed by atoms with E-state index in [4.69, 9.17) is 4.74 Å². The molecule has 0 spiro atoms. The van der Waals surface area contributed by atoms with Crippen molar-refractivity contribution in [1.82, 2.24) is 9.38 Å². The van der Waals surface area contributed by atoms with Gasteiger partial charge in [0.1, 0.15) is 11.4 Å². The van der Waals surface area contributed by atoms with Crippen molar-refractivity contribution in [2.24, 2.45) is 10.2 Å². The molecule has 0 amide bonds. The van der Waals surface area contributed by atoms with Gasteiger partial charge in [-0.3, -0.25) is 4.40 Å². The number of hydrogen-bond acceptors (Lipinski definition) is 4. The highest BCUT2D eigenvalue weighted by Gasteiger charge is 2.07. The van der Waals surface area contributed by atoms with E-state index in [0.717, 1.165) is 48.0 Å². The summed E-state index contributed by atoms with van der Waals surface area (Å²) < 4.78 is 7.61. The number of hydrogen-bond donors (Lipinski definition) is 0. The molecule has 5 nitrogen and oxygen atoms in total. The molecule has 2 aromatic heterocycles. The van der Waals surface area contributed by atoms with Crippen LogP contribution in [0.1, 0.15) is 31.0 Å². The van der Waals surface area contributed by atoms with Gasteiger partial charge in [-0.25, -0.2) is 4.98 Å². The van der Waals surface area contributed by atoms with Crippen LogP contribution in [0.5, 0.6) is 5.75 Å². The van der Waals surface area contributed by atoms with E-state index in [1.807, 2.05) is 53.9 Å². The molecule has 0 radical (unpaired) electrons. The molecule has 1 aromatic carbocycles. The number of fused-ring (bicyclic) bond motifs is 1. The van der Waals surface area contributed by atoms with Gasteiger partial charge in [0, 0.05) is 6.20 Å². The normalized spacial score (nSPS) is 11.5. The SMILES string of the molecule is CCCCOc1ccc(N=Nc2c(C)nc3cc(C)ccn23)cc1. The lowest BCUT2D eigenvalue weighted by Crippen LogP contribution is -1.95. The zero-order valence-electron chi connectivity index (χ0n) is 14.4. The number of unbranched alkanes of at least 4 members (excludes halogenated alkanes) is 1. The van der Waals surface area contributed by atoms with Crippen LogP contribution in [-0.4, -0.2) is 16.0 Å². The number of aromatic nitrogens is 2. The van der Waals surface area contributed by atoms with E-state index in [0.29, 0.717) is 0 Å². The smallest absolute Gasteiger partial charge is 0.182 e. The van der Waals surface area contributed by atoms with Crippen LogP contribution in [0.2, 0.25) is 0 Å². The largest absolute Gasteiger partial charge is 0.494 e. The monoisotopic (exact) mass is 322 g/mol. The summed E-state index contributed by atoms with van der Waals surface area (Å²) in [6.45, 7) is 6.89. The third-order valence-electron chi connectivity index (χ3n) is 3.79. The number of nitrogens with zero attached hydrogens (tertiary/aromatic N) is 4. The maximum Gasteiger partial charge on any atom is 0.182 e. The van der Waals surface area contributed by atoms with Gasteiger partial charge in [-0.2, -0.15) is 0 Å². The molecule has 0 atom stereocenters. The standard InChI is InChI=1S/C19H22N4O/c1-4-5-12-24-17-8-6-16(7-9-17)21-22-19-15(3)20-18-13-14(2)10-11-23(18)19/h6-11,13H,4-5,12H2,1-3H3. The number of aryl methyl sites for hydroxylation is 2. The third kappa shape index (κ3) is 3.62. The highest BCUT2D eigenvalue weighted by Crippen LogP contribution is 2.25. The molecule has 5 heteroatoms. The van der Waals surface area contributed by atoms with Crippen molar-refractivity contribution < 1.29 is 4.74 Å². The molecular formula is C19H22N4O. The summed E-state index contributed by atoms with van der Waals surface area (Å²) in [6.07, 6.45) is 4.17. The minimum Gasteiger partial charge on any atom is -0.494 e. The highest BCUT2D eigenvalue weighted by atomic mass is 16.5. The average molecular weight is 322 g/mol. The molecule has 0 fully saturated rings. The summed E-state index contributed by atoms with van der Waals surface area (Å²) in [6, 6.07) is 11.7. The molecular weight excluding hydrogens is 300 g/mol. The minimum absolute atomic E-state index is 0.748. The van der Waals surface area contributed by atoms with Crippen molar-refractivity contribution in [3.63, 3.8) is 0 Å². The van der Waals surface area contributed by atoms with Crippen LogP contribution in [0.4, 0.5) is 11.5 Å². The predicted molar refractivity (Wildman–Crippen MR) is 95.7 cm³/mol. The van der Waals surface area contributed by atoms with Gasteiger partial charge in [-0.05, 0) is 62.2 Å². The van der Waals surface area contributed by atoms with Gasteiger partial charge in [-0.15, -0.1) is 10.2 Å². The highest BCUT2D eigenvalue weighted by molar-refractivity contribution is 5.53. The Hall–Kier alpha value is -2.69. The van der Waals surface area contributed by atoms with Gasteiger partial charge >= 0.3 is 0 Å². The number of ether oxygens (including phenoxy) is 1. The molecule has 0 unspecified atom stereocenters. The quantitative estimate of drug-likeness (QED) is 0.441. The van der Waals surface area contributed by atoms with Crippen molar-refractivity contribution in [2.75, 3.05) is 6.61 Å². The van der Waals surface area contributed by atoms with E-state index in [1.165, 1.54) is 5.56 Å². The summed E-state index contributed by atoms with van der Waals surface area (Å²) in [5.74, 6) is 1.62. The predicted octanol–water partition coefficient (Wildman–Crippen LogP) is 5.55. The van der Waals surface area contributed by atoms with Gasteiger partial charge in [0.25, 0.3) is 0 Å². The lowest BCUT2D eigenvalue weighted by Gasteiger charge is -2.04. The van der Waals surface area contributed by atoms with Crippen LogP contribution in [0.25, 0.3) is 5.65 Å². The van der Waals surface area contributed by atoms with Crippen LogP contribution in [0.15, 0.2) is 52.8 Å². The summed E-state index contributed by atoms with van der Waals surface area (Å²) in [5, 5.41) is 8.71. The zero-order valence-corrected chi connectivity index (χ0v) is 14.4. The molecule has 0 N–H and O–H groups in total. The van der Waals surface area contributed by atoms with E-state index in [1.54, 1.807) is 0 Å². The Bertz CT molecular complexity index is 850. The van der Waals surface area contributed by atoms with Crippen molar-refractivity contribution in [2.45, 2.75) is 33.6 Å². The fourth-order valence-corrected chi connectivity index (χ4v) is 2.42. The summed E-state index contributed by atoms with van der Waals surface area (Å²) in [4.78, 5) is 4.53. The van der Waals surface area contributed by atoms with E-state index in [-0.39, 0.29) is 0 Å². The summed E-state index contributed by atoms with van der Waals surface area (Å²) in [7, 11) is 0. The first-order chi connectivity index (χ1) is 11.7. The Kier molecular flexibility index (Phi) is 4.89. The first kappa shape index (κ1) is 16.2. The van der Waals surface area contributed by atoms with E-state index in [9.17, 15) is 0 Å². The summed E-state index contributed by atoms with van der Waals surface area (Å²) in [5.41, 5.74) is 3.72. The lowest BCUT2D eigenvalue weighted by atomic mass is 10.3. The van der Waals surface area contributed by atoms with Crippen LogP contribution < -0.4 is 4.74 Å². The molecule has 0 saturated carbocycles. The van der Waals surface area contributed by atoms with Crippen LogP contribution in [-0.2, 0) is 0 Å². The second kappa shape index (κ2) is 7.25. The van der Waals surface area contributed by atoms with Gasteiger partial charge in [0.15, 0.2) is 5.82 Å². The average Bonchev–Trinajstić information content (AvgIpc) is 2.88. The fraction of sp³-hybridized carbons (Fsp3) is 0.316. The van der Waals surface area contributed by atoms with E-state index >= 15 is 0 Å². The Balaban J connectivity index is 1.77. The molecule has 0 saturated heterocycles. The third-order valence-corrected chi connectivity index (χ3v) is 3.79. The van der Waals surface area contributed by atoms with Crippen LogP contribution in [0.3, 0.4) is 0 Å². The number of benzene rings is 1. The maximum absolute atomic E-state index is 5.65. The molecule has 124 valence electrons. The minimum atomic E-state index is 0.748. The Morgan fingerprint density at radius 1 is 1.08 bits per heavy atom. The van der Waals surface area contributed by atoms with Crippen molar-refractivity contribution >= 4 is 17.2 Å². The molecule has 0 bridgehead atoms. The van der Waals surface area contributed by atoms with Crippen LogP contribution in [0, 0.1) is 13.8 Å². The Morgan fingerprint density at radius 2 is 1.88 bits per heavy atom. The molecule has 24 heavy (non-hydrogen) atoms. The van der Waals surface area contributed by atoms with Crippen LogP contribution >= 0.6 is 0 Å². The number of azo groups is 1. The fourth-order valence-electron chi connectivity index (χ4n) is 2.42. The first-order valence-corrected chi connectivity index (χ1v) is 8.27. The van der Waals surface area contributed by atoms with Crippen molar-refractivity contribution in [3.05, 3.63) is 53.9 Å². The molecule has 2 heterocycles. The van der Waals surface area contributed by atoms with Gasteiger partial charge < -0.3 is 4.74 Å². The van der Waals surface area contributed by atoms with Gasteiger partial charge in [0.2, 0.25) is 0 Å². The van der Waals surface area contributed by atoms with Gasteiger partial charge in [-0.1, -0.05) is 13.3 Å². The summed E-state index contributed by atoms with van der Waals surface area (Å²) >= 11 is 0. The molecule has 3 aromatic rings. The molecule has 0 aliphatic rings. The molecule has 0 aliphatic carbocycles. The maximum atomic E-state index is 5.65.